The zero-order valence-corrected chi connectivity index (χ0v) is 18.8. The summed E-state index contributed by atoms with van der Waals surface area (Å²) >= 11 is 2.36. The molecule has 2 aromatic carbocycles. The van der Waals surface area contributed by atoms with Crippen LogP contribution < -0.4 is 9.47 Å². The summed E-state index contributed by atoms with van der Waals surface area (Å²) in [5.41, 5.74) is 8.55. The summed E-state index contributed by atoms with van der Waals surface area (Å²) in [6.07, 6.45) is 11.8. The van der Waals surface area contributed by atoms with Crippen molar-refractivity contribution in [2.45, 2.75) is 32.2 Å². The first kappa shape index (κ1) is 18.9. The highest BCUT2D eigenvalue weighted by atomic mass is 127. The maximum atomic E-state index is 2.61. The first-order valence-corrected chi connectivity index (χ1v) is 11.7. The molecular weight excluding hydrogens is 467 g/mol. The van der Waals surface area contributed by atoms with Crippen molar-refractivity contribution in [3.63, 3.8) is 0 Å². The van der Waals surface area contributed by atoms with E-state index in [1.54, 1.807) is 16.8 Å². The fourth-order valence-electron chi connectivity index (χ4n) is 4.68. The van der Waals surface area contributed by atoms with Crippen LogP contribution in [0.15, 0.2) is 60.8 Å². The van der Waals surface area contributed by atoms with Gasteiger partial charge in [0.15, 0.2) is 12.7 Å². The summed E-state index contributed by atoms with van der Waals surface area (Å²) in [6, 6.07) is 20.1. The lowest BCUT2D eigenvalue weighted by Gasteiger charge is -2.37. The van der Waals surface area contributed by atoms with Crippen molar-refractivity contribution in [3.05, 3.63) is 92.3 Å². The first-order valence-electron chi connectivity index (χ1n) is 10.6. The summed E-state index contributed by atoms with van der Waals surface area (Å²) in [7, 11) is 0. The van der Waals surface area contributed by atoms with E-state index in [1.807, 2.05) is 0 Å². The van der Waals surface area contributed by atoms with Crippen molar-refractivity contribution < 1.29 is 4.57 Å². The lowest BCUT2D eigenvalue weighted by atomic mass is 9.90. The Kier molecular flexibility index (Phi) is 5.40. The van der Waals surface area contributed by atoms with Crippen LogP contribution >= 0.6 is 22.6 Å². The van der Waals surface area contributed by atoms with E-state index in [2.05, 4.69) is 105 Å². The Hall–Kier alpha value is -2.14. The van der Waals surface area contributed by atoms with Crippen LogP contribution in [0.5, 0.6) is 0 Å². The first-order chi connectivity index (χ1) is 14.3. The molecule has 0 bridgehead atoms. The van der Waals surface area contributed by atoms with Crippen LogP contribution in [-0.2, 0) is 19.4 Å². The van der Waals surface area contributed by atoms with Gasteiger partial charge in [-0.2, -0.15) is 4.57 Å². The molecule has 2 aliphatic heterocycles. The van der Waals surface area contributed by atoms with Gasteiger partial charge in [-0.25, -0.2) is 0 Å². The molecule has 146 valence electrons. The SMILES string of the molecule is Ic1ccc(C[n+]2ccccc2/C=C/c2cc3c4c(c2)CCCN4CCC3)cc1. The van der Waals surface area contributed by atoms with Crippen molar-refractivity contribution in [2.75, 3.05) is 18.0 Å². The number of halogens is 1. The van der Waals surface area contributed by atoms with Crippen molar-refractivity contribution in [3.8, 4) is 0 Å². The van der Waals surface area contributed by atoms with E-state index in [9.17, 15) is 0 Å². The Labute approximate surface area is 187 Å². The second kappa shape index (κ2) is 8.31. The number of aryl methyl sites for hydroxylation is 2. The standard InChI is InChI=1S/C26H26IN2/c27-24-11-8-20(9-12-24)19-29-14-2-1-7-25(29)13-10-21-17-22-5-3-15-28-16-4-6-23(18-21)26(22)28/h1-2,7-14,17-18H,3-6,15-16,19H2/q+1. The smallest absolute Gasteiger partial charge is 0.205 e. The van der Waals surface area contributed by atoms with Crippen LogP contribution in [0.3, 0.4) is 0 Å². The minimum atomic E-state index is 0.891. The Morgan fingerprint density at radius 2 is 1.62 bits per heavy atom. The van der Waals surface area contributed by atoms with Gasteiger partial charge in [-0.05, 0) is 101 Å². The lowest BCUT2D eigenvalue weighted by molar-refractivity contribution is -0.690. The van der Waals surface area contributed by atoms with Crippen LogP contribution in [-0.4, -0.2) is 13.1 Å². The van der Waals surface area contributed by atoms with Gasteiger partial charge in [-0.15, -0.1) is 0 Å². The van der Waals surface area contributed by atoms with Gasteiger partial charge in [-0.3, -0.25) is 0 Å². The molecule has 0 saturated heterocycles. The number of pyridine rings is 1. The van der Waals surface area contributed by atoms with Crippen LogP contribution in [0.2, 0.25) is 0 Å². The van der Waals surface area contributed by atoms with E-state index in [4.69, 9.17) is 0 Å². The minimum Gasteiger partial charge on any atom is -0.371 e. The molecule has 2 nitrogen and oxygen atoms in total. The third-order valence-corrected chi connectivity index (χ3v) is 6.76. The van der Waals surface area contributed by atoms with Crippen molar-refractivity contribution in [1.82, 2.24) is 0 Å². The van der Waals surface area contributed by atoms with Crippen LogP contribution in [0.25, 0.3) is 12.2 Å². The summed E-state index contributed by atoms with van der Waals surface area (Å²) < 4.78 is 3.60. The summed E-state index contributed by atoms with van der Waals surface area (Å²) in [6.45, 7) is 3.36. The number of benzene rings is 2. The monoisotopic (exact) mass is 493 g/mol. The molecule has 29 heavy (non-hydrogen) atoms. The molecular formula is C26H26IN2+. The van der Waals surface area contributed by atoms with E-state index < -0.39 is 0 Å². The third kappa shape index (κ3) is 4.11. The van der Waals surface area contributed by atoms with E-state index in [0.717, 1.165) is 6.54 Å². The molecule has 2 aliphatic rings. The van der Waals surface area contributed by atoms with Gasteiger partial charge in [0.05, 0.1) is 0 Å². The predicted octanol–water partition coefficient (Wildman–Crippen LogP) is 5.50. The predicted molar refractivity (Wildman–Crippen MR) is 129 cm³/mol. The zero-order chi connectivity index (χ0) is 19.6. The second-order valence-corrected chi connectivity index (χ2v) is 9.34. The average Bonchev–Trinajstić information content (AvgIpc) is 2.75. The Balaban J connectivity index is 1.43. The van der Waals surface area contributed by atoms with E-state index in [1.165, 1.54) is 59.2 Å². The molecule has 0 spiro atoms. The molecule has 0 unspecified atom stereocenters. The van der Waals surface area contributed by atoms with Gasteiger partial charge < -0.3 is 4.90 Å². The van der Waals surface area contributed by atoms with E-state index in [-0.39, 0.29) is 0 Å². The Bertz CT molecular complexity index is 1020. The van der Waals surface area contributed by atoms with Crippen LogP contribution in [0.4, 0.5) is 5.69 Å². The summed E-state index contributed by atoms with van der Waals surface area (Å²) in [5, 5.41) is 0. The van der Waals surface area contributed by atoms with Gasteiger partial charge in [0, 0.05) is 46.1 Å². The minimum absolute atomic E-state index is 0.891. The Morgan fingerprint density at radius 3 is 2.34 bits per heavy atom. The third-order valence-electron chi connectivity index (χ3n) is 6.04. The highest BCUT2D eigenvalue weighted by molar-refractivity contribution is 14.1. The molecule has 0 fully saturated rings. The van der Waals surface area contributed by atoms with Crippen LogP contribution in [0.1, 0.15) is 40.8 Å². The molecule has 3 heterocycles. The molecule has 3 heteroatoms. The molecule has 0 N–H and O–H groups in total. The number of hydrogen-bond acceptors (Lipinski definition) is 1. The number of rotatable bonds is 4. The van der Waals surface area contributed by atoms with Gasteiger partial charge in [0.25, 0.3) is 0 Å². The molecule has 0 radical (unpaired) electrons. The average molecular weight is 493 g/mol. The van der Waals surface area contributed by atoms with Gasteiger partial charge in [0.2, 0.25) is 5.69 Å². The van der Waals surface area contributed by atoms with Gasteiger partial charge >= 0.3 is 0 Å². The van der Waals surface area contributed by atoms with Crippen molar-refractivity contribution >= 4 is 40.4 Å². The zero-order valence-electron chi connectivity index (χ0n) is 16.7. The van der Waals surface area contributed by atoms with Gasteiger partial charge in [0.1, 0.15) is 0 Å². The number of aromatic nitrogens is 1. The Morgan fingerprint density at radius 1 is 0.897 bits per heavy atom. The number of nitrogens with zero attached hydrogens (tertiary/aromatic N) is 2. The highest BCUT2D eigenvalue weighted by Gasteiger charge is 2.23. The fourth-order valence-corrected chi connectivity index (χ4v) is 5.04. The fraction of sp³-hybridized carbons (Fsp3) is 0.269. The maximum Gasteiger partial charge on any atom is 0.205 e. The maximum absolute atomic E-state index is 2.61. The molecule has 1 aromatic heterocycles. The molecule has 5 rings (SSSR count). The second-order valence-electron chi connectivity index (χ2n) is 8.10. The van der Waals surface area contributed by atoms with Gasteiger partial charge in [-0.1, -0.05) is 12.1 Å². The molecule has 0 amide bonds. The number of anilines is 1. The largest absolute Gasteiger partial charge is 0.371 e. The van der Waals surface area contributed by atoms with Crippen molar-refractivity contribution in [1.29, 1.82) is 0 Å². The molecule has 3 aromatic rings. The van der Waals surface area contributed by atoms with E-state index in [0.29, 0.717) is 0 Å². The lowest BCUT2D eigenvalue weighted by Crippen LogP contribution is -2.36. The molecule has 0 atom stereocenters. The highest BCUT2D eigenvalue weighted by Crippen LogP contribution is 2.36. The molecule has 0 aliphatic carbocycles. The van der Waals surface area contributed by atoms with Crippen LogP contribution in [0, 0.1) is 3.57 Å². The number of hydrogen-bond donors (Lipinski definition) is 0. The summed E-state index contributed by atoms with van der Waals surface area (Å²) in [4.78, 5) is 2.61. The molecule has 0 saturated carbocycles. The quantitative estimate of drug-likeness (QED) is 0.344. The van der Waals surface area contributed by atoms with E-state index >= 15 is 0 Å². The van der Waals surface area contributed by atoms with Crippen molar-refractivity contribution in [2.24, 2.45) is 0 Å². The summed E-state index contributed by atoms with van der Waals surface area (Å²) in [5.74, 6) is 0. The topological polar surface area (TPSA) is 7.12 Å². The normalized spacial score (nSPS) is 15.6.